The molecule has 0 amide bonds. The third kappa shape index (κ3) is 3.45. The molecule has 112 valence electrons. The lowest BCUT2D eigenvalue weighted by Crippen LogP contribution is -2.10. The van der Waals surface area contributed by atoms with E-state index < -0.39 is 0 Å². The Morgan fingerprint density at radius 3 is 2.33 bits per heavy atom. The van der Waals surface area contributed by atoms with E-state index in [9.17, 15) is 0 Å². The number of methoxy groups -OCH3 is 2. The number of hydrazine groups is 1. The van der Waals surface area contributed by atoms with Crippen LogP contribution in [0.25, 0.3) is 0 Å². The molecule has 0 bridgehead atoms. The van der Waals surface area contributed by atoms with Crippen molar-refractivity contribution in [1.82, 2.24) is 9.97 Å². The fourth-order valence-electron chi connectivity index (χ4n) is 1.80. The quantitative estimate of drug-likeness (QED) is 0.577. The van der Waals surface area contributed by atoms with Crippen LogP contribution in [0.15, 0.2) is 18.2 Å². The SMILES string of the molecule is COc1cc(Nc2cc(NN)nc(C)n2)c(OC)cc1Cl. The summed E-state index contributed by atoms with van der Waals surface area (Å²) in [6.45, 7) is 1.77. The molecule has 8 heteroatoms. The average Bonchev–Trinajstić information content (AvgIpc) is 2.47. The van der Waals surface area contributed by atoms with Crippen molar-refractivity contribution in [2.45, 2.75) is 6.92 Å². The molecular weight excluding hydrogens is 294 g/mol. The Morgan fingerprint density at radius 1 is 1.05 bits per heavy atom. The van der Waals surface area contributed by atoms with Gasteiger partial charge in [-0.05, 0) is 6.92 Å². The normalized spacial score (nSPS) is 10.1. The summed E-state index contributed by atoms with van der Waals surface area (Å²) in [5.74, 6) is 8.12. The van der Waals surface area contributed by atoms with E-state index in [1.807, 2.05) is 0 Å². The lowest BCUT2D eigenvalue weighted by atomic mass is 10.2. The second kappa shape index (κ2) is 6.47. The number of rotatable bonds is 5. The molecule has 0 unspecified atom stereocenters. The number of halogens is 1. The van der Waals surface area contributed by atoms with Gasteiger partial charge in [-0.1, -0.05) is 11.6 Å². The summed E-state index contributed by atoms with van der Waals surface area (Å²) >= 11 is 6.07. The molecule has 1 aromatic carbocycles. The predicted octanol–water partition coefficient (Wildman–Crippen LogP) is 2.48. The summed E-state index contributed by atoms with van der Waals surface area (Å²) in [6.07, 6.45) is 0. The number of anilines is 3. The smallest absolute Gasteiger partial charge is 0.145 e. The van der Waals surface area contributed by atoms with Gasteiger partial charge in [0.2, 0.25) is 0 Å². The number of aromatic nitrogens is 2. The highest BCUT2D eigenvalue weighted by Crippen LogP contribution is 2.37. The molecule has 21 heavy (non-hydrogen) atoms. The number of aryl methyl sites for hydroxylation is 1. The number of nitrogens with two attached hydrogens (primary N) is 1. The van der Waals surface area contributed by atoms with Crippen LogP contribution in [0.5, 0.6) is 11.5 Å². The number of nitrogen functional groups attached to an aromatic ring is 1. The topological polar surface area (TPSA) is 94.3 Å². The molecule has 0 fully saturated rings. The van der Waals surface area contributed by atoms with Gasteiger partial charge in [-0.2, -0.15) is 0 Å². The standard InChI is InChI=1S/C13H16ClN5O2/c1-7-16-12(6-13(17-7)19-15)18-9-5-10(20-2)8(14)4-11(9)21-3/h4-6H,15H2,1-3H3,(H2,16,17,18,19). The molecule has 2 rings (SSSR count). The molecule has 4 N–H and O–H groups in total. The van der Waals surface area contributed by atoms with Gasteiger partial charge in [0, 0.05) is 18.2 Å². The van der Waals surface area contributed by atoms with Gasteiger partial charge in [-0.25, -0.2) is 15.8 Å². The minimum absolute atomic E-state index is 0.461. The van der Waals surface area contributed by atoms with Crippen LogP contribution in [0.4, 0.5) is 17.3 Å². The van der Waals surface area contributed by atoms with Gasteiger partial charge in [-0.3, -0.25) is 0 Å². The first-order chi connectivity index (χ1) is 10.1. The van der Waals surface area contributed by atoms with Gasteiger partial charge in [0.15, 0.2) is 0 Å². The van der Waals surface area contributed by atoms with E-state index in [-0.39, 0.29) is 0 Å². The fraction of sp³-hybridized carbons (Fsp3) is 0.231. The van der Waals surface area contributed by atoms with Crippen LogP contribution >= 0.6 is 11.6 Å². The van der Waals surface area contributed by atoms with Gasteiger partial charge >= 0.3 is 0 Å². The summed E-state index contributed by atoms with van der Waals surface area (Å²) in [5.41, 5.74) is 3.15. The van der Waals surface area contributed by atoms with Crippen molar-refractivity contribution in [2.75, 3.05) is 25.0 Å². The van der Waals surface area contributed by atoms with E-state index in [2.05, 4.69) is 20.7 Å². The van der Waals surface area contributed by atoms with E-state index in [0.29, 0.717) is 39.7 Å². The highest BCUT2D eigenvalue weighted by Gasteiger charge is 2.11. The van der Waals surface area contributed by atoms with Gasteiger partial charge in [0.05, 0.1) is 24.9 Å². The van der Waals surface area contributed by atoms with E-state index >= 15 is 0 Å². The minimum atomic E-state index is 0.461. The molecule has 0 aliphatic carbocycles. The monoisotopic (exact) mass is 309 g/mol. The Kier molecular flexibility index (Phi) is 4.66. The summed E-state index contributed by atoms with van der Waals surface area (Å²) in [4.78, 5) is 8.40. The maximum atomic E-state index is 6.07. The van der Waals surface area contributed by atoms with Crippen LogP contribution in [0.1, 0.15) is 5.82 Å². The van der Waals surface area contributed by atoms with Crippen LogP contribution < -0.4 is 26.1 Å². The molecule has 0 saturated carbocycles. The summed E-state index contributed by atoms with van der Waals surface area (Å²) in [6, 6.07) is 5.07. The fourth-order valence-corrected chi connectivity index (χ4v) is 2.03. The molecular formula is C13H16ClN5O2. The van der Waals surface area contributed by atoms with Crippen molar-refractivity contribution < 1.29 is 9.47 Å². The molecule has 0 atom stereocenters. The van der Waals surface area contributed by atoms with E-state index in [1.54, 1.807) is 39.3 Å². The number of ether oxygens (including phenoxy) is 2. The number of hydrogen-bond donors (Lipinski definition) is 3. The zero-order valence-electron chi connectivity index (χ0n) is 11.9. The molecule has 0 aliphatic heterocycles. The molecule has 0 spiro atoms. The first kappa shape index (κ1) is 15.1. The zero-order chi connectivity index (χ0) is 15.4. The molecule has 1 heterocycles. The van der Waals surface area contributed by atoms with Gasteiger partial charge in [0.1, 0.15) is 29.0 Å². The van der Waals surface area contributed by atoms with Crippen molar-refractivity contribution in [1.29, 1.82) is 0 Å². The van der Waals surface area contributed by atoms with Crippen LogP contribution in [-0.4, -0.2) is 24.2 Å². The van der Waals surface area contributed by atoms with Gasteiger partial charge in [0.25, 0.3) is 0 Å². The van der Waals surface area contributed by atoms with Gasteiger partial charge < -0.3 is 20.2 Å². The Labute approximate surface area is 127 Å². The Bertz CT molecular complexity index is 651. The van der Waals surface area contributed by atoms with Crippen molar-refractivity contribution in [3.05, 3.63) is 29.0 Å². The Hall–Kier alpha value is -2.25. The second-order valence-electron chi connectivity index (χ2n) is 4.14. The summed E-state index contributed by atoms with van der Waals surface area (Å²) in [7, 11) is 3.10. The molecule has 2 aromatic rings. The van der Waals surface area contributed by atoms with Crippen molar-refractivity contribution in [3.8, 4) is 11.5 Å². The van der Waals surface area contributed by atoms with Crippen LogP contribution in [0.3, 0.4) is 0 Å². The number of nitrogens with zero attached hydrogens (tertiary/aromatic N) is 2. The Morgan fingerprint density at radius 2 is 1.71 bits per heavy atom. The summed E-state index contributed by atoms with van der Waals surface area (Å²) in [5, 5.41) is 3.59. The lowest BCUT2D eigenvalue weighted by molar-refractivity contribution is 0.405. The molecule has 7 nitrogen and oxygen atoms in total. The van der Waals surface area contributed by atoms with Crippen LogP contribution in [-0.2, 0) is 0 Å². The van der Waals surface area contributed by atoms with Crippen molar-refractivity contribution in [3.63, 3.8) is 0 Å². The first-order valence-corrected chi connectivity index (χ1v) is 6.46. The summed E-state index contributed by atoms with van der Waals surface area (Å²) < 4.78 is 10.5. The Balaban J connectivity index is 2.40. The molecule has 1 aromatic heterocycles. The highest BCUT2D eigenvalue weighted by molar-refractivity contribution is 6.32. The minimum Gasteiger partial charge on any atom is -0.495 e. The van der Waals surface area contributed by atoms with Crippen molar-refractivity contribution >= 4 is 28.9 Å². The van der Waals surface area contributed by atoms with E-state index in [1.165, 1.54) is 0 Å². The zero-order valence-corrected chi connectivity index (χ0v) is 12.7. The number of nitrogens with one attached hydrogen (secondary N) is 2. The largest absolute Gasteiger partial charge is 0.495 e. The number of hydrogen-bond acceptors (Lipinski definition) is 7. The van der Waals surface area contributed by atoms with E-state index in [4.69, 9.17) is 26.9 Å². The maximum absolute atomic E-state index is 6.07. The van der Waals surface area contributed by atoms with E-state index in [0.717, 1.165) is 0 Å². The van der Waals surface area contributed by atoms with Crippen LogP contribution in [0.2, 0.25) is 5.02 Å². The van der Waals surface area contributed by atoms with Crippen molar-refractivity contribution in [2.24, 2.45) is 5.84 Å². The predicted molar refractivity (Wildman–Crippen MR) is 82.4 cm³/mol. The molecule has 0 saturated heterocycles. The molecule has 0 aliphatic rings. The van der Waals surface area contributed by atoms with Gasteiger partial charge in [-0.15, -0.1) is 0 Å². The first-order valence-electron chi connectivity index (χ1n) is 6.08. The molecule has 0 radical (unpaired) electrons. The lowest BCUT2D eigenvalue weighted by Gasteiger charge is -2.14. The second-order valence-corrected chi connectivity index (χ2v) is 4.55. The average molecular weight is 310 g/mol. The highest BCUT2D eigenvalue weighted by atomic mass is 35.5. The number of benzene rings is 1. The third-order valence-corrected chi connectivity index (χ3v) is 3.02. The van der Waals surface area contributed by atoms with Crippen LogP contribution in [0, 0.1) is 6.92 Å². The maximum Gasteiger partial charge on any atom is 0.145 e. The third-order valence-electron chi connectivity index (χ3n) is 2.72.